The number of aromatic nitrogens is 2. The standard InChI is InChI=1S/C33H38N4O6.C12H22O11/c1-3-22-23-16-21(43-32(40)36-14-10-20(11-15-36)35-12-6-5-7-13-35)8-9-27(23)34-29-24(22)18-37-28(29)17-26-25(30(37)38)19-42-31(39)33(26,41)4-2;13-1-4-6(16)8(18)9(19)11(21-4)23-12(3-15)10(20)7(17)5(2-14)22-12/h8-9,16-17,20,41H,3-7,10-15,18-19H2,1-2H3;4-11,13-20H,1-3H2/t33-;4-,5-,6-,7-,8+,9-,10+,11-,12+/m01/s1. The van der Waals surface area contributed by atoms with E-state index >= 15 is 0 Å². The number of benzene rings is 1. The number of amides is 1. The molecule has 1 aromatic carbocycles. The number of likely N-dealkylation sites (tertiary alicyclic amines) is 2. The topological polar surface area (TPSA) is 304 Å². The summed E-state index contributed by atoms with van der Waals surface area (Å²) in [5, 5.41) is 88.7. The number of esters is 1. The molecule has 21 heteroatoms. The van der Waals surface area contributed by atoms with Crippen LogP contribution in [-0.4, -0.2) is 184 Å². The third-order valence-electron chi connectivity index (χ3n) is 14.0. The molecule has 21 nitrogen and oxygen atoms in total. The summed E-state index contributed by atoms with van der Waals surface area (Å²) in [6.45, 7) is 5.33. The molecule has 0 aliphatic carbocycles. The minimum Gasteiger partial charge on any atom is -0.458 e. The van der Waals surface area contributed by atoms with Gasteiger partial charge >= 0.3 is 12.1 Å². The van der Waals surface area contributed by atoms with Crippen molar-refractivity contribution in [2.75, 3.05) is 46.0 Å². The van der Waals surface area contributed by atoms with Gasteiger partial charge in [0.2, 0.25) is 5.79 Å². The molecule has 9 N–H and O–H groups in total. The molecule has 0 spiro atoms. The van der Waals surface area contributed by atoms with Crippen LogP contribution in [0.15, 0.2) is 29.1 Å². The maximum atomic E-state index is 13.6. The molecule has 6 aliphatic rings. The van der Waals surface area contributed by atoms with Crippen LogP contribution in [0.2, 0.25) is 0 Å². The lowest BCUT2D eigenvalue weighted by Gasteiger charge is -2.43. The van der Waals surface area contributed by atoms with E-state index in [1.165, 1.54) is 32.4 Å². The number of carbonyl (C=O) groups excluding carboxylic acids is 2. The largest absolute Gasteiger partial charge is 0.458 e. The predicted octanol–water partition coefficient (Wildman–Crippen LogP) is -1.30. The van der Waals surface area contributed by atoms with E-state index in [4.69, 9.17) is 38.9 Å². The molecule has 4 saturated heterocycles. The van der Waals surface area contributed by atoms with Gasteiger partial charge in [-0.1, -0.05) is 20.3 Å². The number of carbonyl (C=O) groups is 2. The van der Waals surface area contributed by atoms with E-state index in [1.54, 1.807) is 23.6 Å². The van der Waals surface area contributed by atoms with Crippen molar-refractivity contribution >= 4 is 23.0 Å². The molecule has 0 bridgehead atoms. The second kappa shape index (κ2) is 19.4. The molecule has 9 rings (SSSR count). The first-order valence-electron chi connectivity index (χ1n) is 22.7. The minimum atomic E-state index is -2.22. The molecule has 66 heavy (non-hydrogen) atoms. The molecular weight excluding hydrogens is 869 g/mol. The highest BCUT2D eigenvalue weighted by atomic mass is 16.8. The number of piperidine rings is 2. The first-order chi connectivity index (χ1) is 31.6. The van der Waals surface area contributed by atoms with Crippen LogP contribution in [0, 0.1) is 0 Å². The lowest BCUT2D eigenvalue weighted by Crippen LogP contribution is -2.62. The van der Waals surface area contributed by atoms with E-state index in [0.29, 0.717) is 60.4 Å². The van der Waals surface area contributed by atoms with Crippen molar-refractivity contribution in [2.45, 2.75) is 138 Å². The summed E-state index contributed by atoms with van der Waals surface area (Å²) in [4.78, 5) is 48.5. The van der Waals surface area contributed by atoms with Crippen LogP contribution in [0.5, 0.6) is 5.75 Å². The van der Waals surface area contributed by atoms with Crippen molar-refractivity contribution in [2.24, 2.45) is 0 Å². The van der Waals surface area contributed by atoms with Crippen LogP contribution < -0.4 is 10.3 Å². The molecule has 2 aromatic heterocycles. The summed E-state index contributed by atoms with van der Waals surface area (Å²) >= 11 is 0. The molecule has 4 fully saturated rings. The monoisotopic (exact) mass is 928 g/mol. The summed E-state index contributed by atoms with van der Waals surface area (Å²) in [7, 11) is 0. The van der Waals surface area contributed by atoms with Gasteiger partial charge < -0.3 is 84.0 Å². The van der Waals surface area contributed by atoms with Crippen LogP contribution in [0.25, 0.3) is 22.3 Å². The number of nitrogens with zero attached hydrogens (tertiary/aromatic N) is 4. The van der Waals surface area contributed by atoms with E-state index in [-0.39, 0.29) is 24.7 Å². The van der Waals surface area contributed by atoms with Crippen LogP contribution in [0.1, 0.15) is 74.6 Å². The van der Waals surface area contributed by atoms with E-state index < -0.39 is 86.2 Å². The molecule has 10 atom stereocenters. The Labute approximate surface area is 379 Å². The van der Waals surface area contributed by atoms with Gasteiger partial charge in [-0.15, -0.1) is 0 Å². The predicted molar refractivity (Wildman–Crippen MR) is 229 cm³/mol. The van der Waals surface area contributed by atoms with Crippen LogP contribution >= 0.6 is 0 Å². The van der Waals surface area contributed by atoms with E-state index in [1.807, 2.05) is 17.0 Å². The zero-order valence-electron chi connectivity index (χ0n) is 36.9. The molecule has 6 aliphatic heterocycles. The second-order valence-electron chi connectivity index (χ2n) is 17.8. The van der Waals surface area contributed by atoms with Gasteiger partial charge in [0.1, 0.15) is 61.7 Å². The fourth-order valence-corrected chi connectivity index (χ4v) is 10.1. The Morgan fingerprint density at radius 3 is 2.23 bits per heavy atom. The van der Waals surface area contributed by atoms with Gasteiger partial charge in [-0.3, -0.25) is 4.79 Å². The first kappa shape index (κ1) is 48.3. The van der Waals surface area contributed by atoms with E-state index in [2.05, 4.69) is 11.8 Å². The van der Waals surface area contributed by atoms with Gasteiger partial charge in [0.15, 0.2) is 11.9 Å². The van der Waals surface area contributed by atoms with Crippen LogP contribution in [-0.2, 0) is 48.9 Å². The number of aliphatic hydroxyl groups excluding tert-OH is 8. The summed E-state index contributed by atoms with van der Waals surface area (Å²) in [6, 6.07) is 7.77. The van der Waals surface area contributed by atoms with Gasteiger partial charge in [-0.25, -0.2) is 14.6 Å². The van der Waals surface area contributed by atoms with Gasteiger partial charge in [0.05, 0.1) is 42.2 Å². The van der Waals surface area contributed by atoms with Crippen molar-refractivity contribution in [1.82, 2.24) is 19.4 Å². The lowest BCUT2D eigenvalue weighted by molar-refractivity contribution is -0.383. The van der Waals surface area contributed by atoms with Crippen molar-refractivity contribution in [3.8, 4) is 17.1 Å². The lowest BCUT2D eigenvalue weighted by atomic mass is 9.86. The number of aliphatic hydroxyl groups is 9. The summed E-state index contributed by atoms with van der Waals surface area (Å²) in [5.41, 5.74) is 2.38. The van der Waals surface area contributed by atoms with E-state index in [9.17, 15) is 50.1 Å². The minimum absolute atomic E-state index is 0.0951. The van der Waals surface area contributed by atoms with Crippen LogP contribution in [0.3, 0.4) is 0 Å². The molecule has 8 heterocycles. The maximum absolute atomic E-state index is 13.6. The number of fused-ring (bicyclic) bond motifs is 5. The zero-order valence-corrected chi connectivity index (χ0v) is 36.9. The van der Waals surface area contributed by atoms with Crippen molar-refractivity contribution in [1.29, 1.82) is 0 Å². The number of ether oxygens (including phenoxy) is 5. The SMILES string of the molecule is CCc1c2c(nc3ccc(OC(=O)N4CCC(N5CCCCC5)CC4)cc13)-c1cc3c(c(=O)n1C2)COC(=O)[C@]3(O)CC.OC[C@H]1O[C@@](CO)(O[C@H]2O[C@H](CO)[C@@H](O)[C@H](O)[C@H]2O)[C@@H](O)[C@@H]1O. The summed E-state index contributed by atoms with van der Waals surface area (Å²) < 4.78 is 28.2. The fraction of sp³-hybridized carbons (Fsp3) is 0.644. The molecule has 362 valence electrons. The Morgan fingerprint density at radius 2 is 1.59 bits per heavy atom. The fourth-order valence-electron chi connectivity index (χ4n) is 10.1. The number of rotatable bonds is 9. The molecule has 0 unspecified atom stereocenters. The average Bonchev–Trinajstić information content (AvgIpc) is 3.83. The quantitative estimate of drug-likeness (QED) is 0.0881. The average molecular weight is 929 g/mol. The van der Waals surface area contributed by atoms with E-state index in [0.717, 1.165) is 34.9 Å². The Hall–Kier alpha value is -4.20. The third kappa shape index (κ3) is 8.52. The molecule has 1 amide bonds. The smallest absolute Gasteiger partial charge is 0.415 e. The Kier molecular flexibility index (Phi) is 14.2. The third-order valence-corrected chi connectivity index (χ3v) is 14.0. The number of aryl methyl sites for hydroxylation is 1. The van der Waals surface area contributed by atoms with Crippen molar-refractivity contribution in [3.05, 3.63) is 56.9 Å². The number of cyclic esters (lactones) is 1. The highest BCUT2D eigenvalue weighted by Crippen LogP contribution is 2.41. The Morgan fingerprint density at radius 1 is 0.879 bits per heavy atom. The number of hydrogen-bond acceptors (Lipinski definition) is 19. The van der Waals surface area contributed by atoms with Gasteiger partial charge in [-0.2, -0.15) is 0 Å². The summed E-state index contributed by atoms with van der Waals surface area (Å²) in [5.74, 6) is -2.49. The molecule has 0 radical (unpaired) electrons. The Balaban J connectivity index is 0.000000218. The van der Waals surface area contributed by atoms with Crippen molar-refractivity contribution in [3.63, 3.8) is 0 Å². The van der Waals surface area contributed by atoms with Crippen LogP contribution in [0.4, 0.5) is 4.79 Å². The maximum Gasteiger partial charge on any atom is 0.415 e. The second-order valence-corrected chi connectivity index (χ2v) is 17.8. The zero-order chi connectivity index (χ0) is 47.2. The van der Waals surface area contributed by atoms with Gasteiger partial charge in [0.25, 0.3) is 5.56 Å². The number of hydrogen-bond donors (Lipinski definition) is 9. The molecule has 0 saturated carbocycles. The Bertz CT molecular complexity index is 2330. The highest BCUT2D eigenvalue weighted by molar-refractivity contribution is 5.90. The highest BCUT2D eigenvalue weighted by Gasteiger charge is 2.58. The number of pyridine rings is 2. The summed E-state index contributed by atoms with van der Waals surface area (Å²) in [6.07, 6.45) is -6.39. The van der Waals surface area contributed by atoms with Crippen molar-refractivity contribution < 1.29 is 79.2 Å². The van der Waals surface area contributed by atoms with Gasteiger partial charge in [-0.05, 0) is 81.4 Å². The molecule has 3 aromatic rings. The first-order valence-corrected chi connectivity index (χ1v) is 22.7. The normalized spacial score (nSPS) is 32.3. The van der Waals surface area contributed by atoms with Gasteiger partial charge in [0, 0.05) is 35.6 Å². The molecular formula is C45H60N4O17.